The van der Waals surface area contributed by atoms with Gasteiger partial charge in [0, 0.05) is 6.54 Å². The maximum absolute atomic E-state index is 13.7. The molecule has 4 rings (SSSR count). The summed E-state index contributed by atoms with van der Waals surface area (Å²) in [6, 6.07) is 5.34. The van der Waals surface area contributed by atoms with E-state index in [1.54, 1.807) is 4.90 Å². The van der Waals surface area contributed by atoms with Crippen molar-refractivity contribution >= 4 is 8.53 Å². The topological polar surface area (TPSA) is 113 Å². The number of ether oxygens (including phenoxy) is 2. The first-order valence-electron chi connectivity index (χ1n) is 11.6. The zero-order valence-corrected chi connectivity index (χ0v) is 21.3. The van der Waals surface area contributed by atoms with Gasteiger partial charge >= 0.3 is 26.6 Å². The van der Waals surface area contributed by atoms with Gasteiger partial charge in [-0.3, -0.25) is 9.88 Å². The van der Waals surface area contributed by atoms with Gasteiger partial charge in [-0.1, -0.05) is 12.1 Å². The number of hydrogen-bond donors (Lipinski definition) is 3. The highest BCUT2D eigenvalue weighted by Crippen LogP contribution is 2.40. The molecule has 0 spiro atoms. The minimum atomic E-state index is -5.05. The Morgan fingerprint density at radius 1 is 1.10 bits per heavy atom. The fourth-order valence-electron chi connectivity index (χ4n) is 4.24. The van der Waals surface area contributed by atoms with E-state index >= 15 is 0 Å². The van der Waals surface area contributed by atoms with Crippen LogP contribution in [0.2, 0.25) is 0 Å². The molecule has 1 aliphatic heterocycles. The molecular weight excluding hydrogens is 576 g/mol. The molecule has 0 saturated carbocycles. The number of nitrogens with one attached hydrogen (secondary N) is 1. The number of hydrogen-bond acceptors (Lipinski definition) is 7. The lowest BCUT2D eigenvalue weighted by Gasteiger charge is -2.41. The molecule has 2 aromatic carbocycles. The molecular formula is C23H22F7N4O5P. The fraction of sp³-hybridized carbons (Fsp3) is 0.391. The van der Waals surface area contributed by atoms with Gasteiger partial charge in [0.15, 0.2) is 6.29 Å². The maximum atomic E-state index is 13.7. The van der Waals surface area contributed by atoms with E-state index in [4.69, 9.17) is 9.47 Å². The standard InChI is InChI=1S/C23H22F7N4O5P/c1-12(14-8-15(22(25,26)27)10-16(9-14)23(28,29)30)39-20-19(13-2-4-17(24)5-3-13)33(6-7-38-20)11-18-31-21(35)34(32-18)40(36)37/h2-5,8-10,12,19-20,36-37H,6-7,11H2,1H3,(H,31,32,35)/t12-,19-,20+/m1/s1. The van der Waals surface area contributed by atoms with Crippen LogP contribution in [0.25, 0.3) is 0 Å². The van der Waals surface area contributed by atoms with E-state index in [-0.39, 0.29) is 31.6 Å². The predicted molar refractivity (Wildman–Crippen MR) is 125 cm³/mol. The Balaban J connectivity index is 1.67. The highest BCUT2D eigenvalue weighted by atomic mass is 31.2. The van der Waals surface area contributed by atoms with Crippen molar-refractivity contribution in [1.29, 1.82) is 0 Å². The van der Waals surface area contributed by atoms with Gasteiger partial charge in [0.05, 0.1) is 36.4 Å². The van der Waals surface area contributed by atoms with Crippen molar-refractivity contribution < 1.29 is 50.0 Å². The first-order chi connectivity index (χ1) is 18.6. The van der Waals surface area contributed by atoms with E-state index in [1.807, 2.05) is 0 Å². The molecule has 1 saturated heterocycles. The summed E-state index contributed by atoms with van der Waals surface area (Å²) in [5.74, 6) is -0.544. The molecule has 0 amide bonds. The van der Waals surface area contributed by atoms with Gasteiger partial charge in [0.2, 0.25) is 0 Å². The molecule has 3 atom stereocenters. The van der Waals surface area contributed by atoms with Crippen molar-refractivity contribution in [3.63, 3.8) is 0 Å². The number of aromatic nitrogens is 3. The van der Waals surface area contributed by atoms with Crippen LogP contribution >= 0.6 is 8.53 Å². The molecule has 0 aliphatic carbocycles. The van der Waals surface area contributed by atoms with Crippen LogP contribution in [0.1, 0.15) is 47.1 Å². The van der Waals surface area contributed by atoms with Crippen molar-refractivity contribution in [2.45, 2.75) is 44.3 Å². The van der Waals surface area contributed by atoms with Crippen molar-refractivity contribution in [3.05, 3.63) is 86.8 Å². The summed E-state index contributed by atoms with van der Waals surface area (Å²) >= 11 is 0. The highest BCUT2D eigenvalue weighted by Gasteiger charge is 2.39. The number of alkyl halides is 6. The van der Waals surface area contributed by atoms with E-state index in [2.05, 4.69) is 10.1 Å². The van der Waals surface area contributed by atoms with Crippen LogP contribution in [-0.4, -0.2) is 48.7 Å². The van der Waals surface area contributed by atoms with E-state index in [1.165, 1.54) is 19.1 Å². The smallest absolute Gasteiger partial charge is 0.349 e. The lowest BCUT2D eigenvalue weighted by atomic mass is 10.0. The number of halogens is 7. The summed E-state index contributed by atoms with van der Waals surface area (Å²) in [5.41, 5.74) is -3.86. The van der Waals surface area contributed by atoms with E-state index in [9.17, 15) is 45.3 Å². The number of benzene rings is 2. The molecule has 3 aromatic rings. The summed E-state index contributed by atoms with van der Waals surface area (Å²) in [5, 5.41) is 3.83. The molecule has 0 bridgehead atoms. The molecule has 17 heteroatoms. The van der Waals surface area contributed by atoms with Crippen LogP contribution in [0.15, 0.2) is 47.3 Å². The molecule has 0 unspecified atom stereocenters. The number of rotatable bonds is 7. The largest absolute Gasteiger partial charge is 0.416 e. The number of morpholine rings is 1. The van der Waals surface area contributed by atoms with E-state index < -0.39 is 67.5 Å². The number of H-pyrrole nitrogens is 1. The van der Waals surface area contributed by atoms with Crippen molar-refractivity contribution in [2.75, 3.05) is 13.2 Å². The molecule has 218 valence electrons. The molecule has 9 nitrogen and oxygen atoms in total. The number of aromatic amines is 1. The third kappa shape index (κ3) is 6.87. The molecule has 40 heavy (non-hydrogen) atoms. The first kappa shape index (κ1) is 30.1. The minimum absolute atomic E-state index is 0.00310. The van der Waals surface area contributed by atoms with Crippen LogP contribution in [0, 0.1) is 5.82 Å². The lowest BCUT2D eigenvalue weighted by Crippen LogP contribution is -2.46. The van der Waals surface area contributed by atoms with Crippen LogP contribution < -0.4 is 5.69 Å². The Morgan fingerprint density at radius 3 is 2.23 bits per heavy atom. The SMILES string of the molecule is C[C@@H](O[C@@H]1OCCN(Cc2nn(P(O)O)c(=O)[nH]2)[C@@H]1c1ccc(F)cc1)c1cc(C(F)(F)F)cc(C(F)(F)F)c1. The molecule has 1 aromatic heterocycles. The molecule has 3 N–H and O–H groups in total. The lowest BCUT2D eigenvalue weighted by molar-refractivity contribution is -0.231. The van der Waals surface area contributed by atoms with E-state index in [0.717, 1.165) is 12.1 Å². The van der Waals surface area contributed by atoms with Crippen molar-refractivity contribution in [3.8, 4) is 0 Å². The third-order valence-corrected chi connectivity index (χ3v) is 6.72. The van der Waals surface area contributed by atoms with Gasteiger partial charge in [-0.05, 0) is 48.4 Å². The monoisotopic (exact) mass is 598 g/mol. The summed E-state index contributed by atoms with van der Waals surface area (Å²) in [7, 11) is -2.85. The molecule has 2 heterocycles. The van der Waals surface area contributed by atoms with Gasteiger partial charge in [0.25, 0.3) is 0 Å². The predicted octanol–water partition coefficient (Wildman–Crippen LogP) is 4.49. The van der Waals surface area contributed by atoms with Crippen molar-refractivity contribution in [2.24, 2.45) is 0 Å². The van der Waals surface area contributed by atoms with Crippen LogP contribution in [0.4, 0.5) is 30.7 Å². The Hall–Kier alpha value is -2.88. The average Bonchev–Trinajstić information content (AvgIpc) is 3.23. The summed E-state index contributed by atoms with van der Waals surface area (Å²) in [4.78, 5) is 34.7. The Morgan fingerprint density at radius 2 is 1.70 bits per heavy atom. The number of nitrogens with zero attached hydrogens (tertiary/aromatic N) is 3. The van der Waals surface area contributed by atoms with E-state index in [0.29, 0.717) is 22.1 Å². The zero-order valence-electron chi connectivity index (χ0n) is 20.4. The van der Waals surface area contributed by atoms with Crippen LogP contribution in [0.3, 0.4) is 0 Å². The Labute approximate surface area is 222 Å². The van der Waals surface area contributed by atoms with Gasteiger partial charge in [-0.15, -0.1) is 9.55 Å². The van der Waals surface area contributed by atoms with Crippen LogP contribution in [0.5, 0.6) is 0 Å². The van der Waals surface area contributed by atoms with Gasteiger partial charge in [-0.25, -0.2) is 9.18 Å². The Kier molecular flexibility index (Phi) is 8.68. The van der Waals surface area contributed by atoms with Gasteiger partial charge in [-0.2, -0.15) is 26.3 Å². The summed E-state index contributed by atoms with van der Waals surface area (Å²) in [6.07, 6.45) is -12.7. The first-order valence-corrected chi connectivity index (χ1v) is 12.8. The quantitative estimate of drug-likeness (QED) is 0.272. The summed E-state index contributed by atoms with van der Waals surface area (Å²) in [6.45, 7) is 1.36. The van der Waals surface area contributed by atoms with Crippen molar-refractivity contribution in [1.82, 2.24) is 19.4 Å². The second kappa shape index (κ2) is 11.5. The third-order valence-electron chi connectivity index (χ3n) is 6.11. The average molecular weight is 598 g/mol. The second-order valence-electron chi connectivity index (χ2n) is 8.86. The molecule has 1 aliphatic rings. The normalized spacial score (nSPS) is 19.8. The van der Waals surface area contributed by atoms with Gasteiger partial charge in [0.1, 0.15) is 11.6 Å². The Bertz CT molecular complexity index is 1350. The molecule has 0 radical (unpaired) electrons. The van der Waals surface area contributed by atoms with Crippen LogP contribution in [-0.2, 0) is 28.4 Å². The molecule has 1 fully saturated rings. The maximum Gasteiger partial charge on any atom is 0.416 e. The second-order valence-corrected chi connectivity index (χ2v) is 9.77. The zero-order chi connectivity index (χ0) is 29.4. The minimum Gasteiger partial charge on any atom is -0.349 e. The highest BCUT2D eigenvalue weighted by molar-refractivity contribution is 7.43. The van der Waals surface area contributed by atoms with Gasteiger partial charge < -0.3 is 19.3 Å². The summed E-state index contributed by atoms with van der Waals surface area (Å²) < 4.78 is 106. The fourth-order valence-corrected chi connectivity index (χ4v) is 4.64.